The van der Waals surface area contributed by atoms with E-state index in [1.807, 2.05) is 0 Å². The Labute approximate surface area is 169 Å². The van der Waals surface area contributed by atoms with Gasteiger partial charge in [0.2, 0.25) is 5.91 Å². The van der Waals surface area contributed by atoms with Crippen LogP contribution in [0.4, 0.5) is 5.69 Å². The van der Waals surface area contributed by atoms with Gasteiger partial charge in [0.05, 0.1) is 15.6 Å². The molecule has 0 aromatic heterocycles. The Bertz CT molecular complexity index is 914. The van der Waals surface area contributed by atoms with Crippen molar-refractivity contribution >= 4 is 44.8 Å². The third kappa shape index (κ3) is 4.57. The van der Waals surface area contributed by atoms with Gasteiger partial charge in [-0.3, -0.25) is 9.10 Å². The van der Waals surface area contributed by atoms with E-state index in [1.165, 1.54) is 24.3 Å². The molecule has 0 radical (unpaired) electrons. The fraction of sp³-hybridized carbons (Fsp3) is 0.316. The van der Waals surface area contributed by atoms with Crippen molar-refractivity contribution in [1.82, 2.24) is 4.90 Å². The summed E-state index contributed by atoms with van der Waals surface area (Å²) in [5.74, 6) is -0.236. The van der Waals surface area contributed by atoms with E-state index in [-0.39, 0.29) is 28.1 Å². The van der Waals surface area contributed by atoms with Crippen LogP contribution in [0.3, 0.4) is 0 Å². The molecule has 3 rings (SSSR count). The van der Waals surface area contributed by atoms with Gasteiger partial charge in [-0.1, -0.05) is 41.4 Å². The van der Waals surface area contributed by atoms with Crippen molar-refractivity contribution in [3.63, 3.8) is 0 Å². The van der Waals surface area contributed by atoms with E-state index >= 15 is 0 Å². The van der Waals surface area contributed by atoms with Crippen molar-refractivity contribution in [3.05, 3.63) is 58.6 Å². The molecule has 0 spiro atoms. The SMILES string of the molecule is O=C(CN(c1ccc(Cl)cc1Cl)S(=O)(=O)c1ccccc1)N1CCCCC1. The predicted octanol–water partition coefficient (Wildman–Crippen LogP) is 4.20. The average molecular weight is 427 g/mol. The zero-order valence-electron chi connectivity index (χ0n) is 14.6. The van der Waals surface area contributed by atoms with Crippen LogP contribution in [0.25, 0.3) is 0 Å². The number of hydrogen-bond donors (Lipinski definition) is 0. The van der Waals surface area contributed by atoms with Gasteiger partial charge in [0.1, 0.15) is 6.54 Å². The molecular formula is C19H20Cl2N2O3S. The number of amides is 1. The predicted molar refractivity (Wildman–Crippen MR) is 108 cm³/mol. The Hall–Kier alpha value is -1.76. The number of nitrogens with zero attached hydrogens (tertiary/aromatic N) is 2. The lowest BCUT2D eigenvalue weighted by Gasteiger charge is -2.31. The highest BCUT2D eigenvalue weighted by atomic mass is 35.5. The minimum Gasteiger partial charge on any atom is -0.341 e. The minimum atomic E-state index is -3.96. The topological polar surface area (TPSA) is 57.7 Å². The summed E-state index contributed by atoms with van der Waals surface area (Å²) in [6.45, 7) is 0.984. The lowest BCUT2D eigenvalue weighted by molar-refractivity contribution is -0.130. The molecule has 1 amide bonds. The molecule has 8 heteroatoms. The van der Waals surface area contributed by atoms with Gasteiger partial charge >= 0.3 is 0 Å². The molecule has 5 nitrogen and oxygen atoms in total. The molecule has 0 unspecified atom stereocenters. The van der Waals surface area contributed by atoms with E-state index in [2.05, 4.69) is 0 Å². The Morgan fingerprint density at radius 2 is 1.67 bits per heavy atom. The summed E-state index contributed by atoms with van der Waals surface area (Å²) in [6, 6.07) is 12.6. The van der Waals surface area contributed by atoms with Gasteiger partial charge in [0.25, 0.3) is 10.0 Å². The van der Waals surface area contributed by atoms with Crippen molar-refractivity contribution in [3.8, 4) is 0 Å². The first kappa shape index (κ1) is 20.0. The lowest BCUT2D eigenvalue weighted by atomic mass is 10.1. The average Bonchev–Trinajstić information content (AvgIpc) is 2.68. The molecule has 2 aromatic carbocycles. The smallest absolute Gasteiger partial charge is 0.264 e. The summed E-state index contributed by atoms with van der Waals surface area (Å²) in [6.07, 6.45) is 2.94. The highest BCUT2D eigenvalue weighted by molar-refractivity contribution is 7.92. The Morgan fingerprint density at radius 3 is 2.30 bits per heavy atom. The van der Waals surface area contributed by atoms with E-state index in [1.54, 1.807) is 29.2 Å². The number of anilines is 1. The van der Waals surface area contributed by atoms with Crippen LogP contribution in [0.15, 0.2) is 53.4 Å². The number of halogens is 2. The van der Waals surface area contributed by atoms with Crippen LogP contribution in [0.5, 0.6) is 0 Å². The number of hydrogen-bond acceptors (Lipinski definition) is 3. The van der Waals surface area contributed by atoms with E-state index in [4.69, 9.17) is 23.2 Å². The zero-order chi connectivity index (χ0) is 19.4. The summed E-state index contributed by atoms with van der Waals surface area (Å²) in [5, 5.41) is 0.566. The normalized spacial score (nSPS) is 14.8. The van der Waals surface area contributed by atoms with Gasteiger partial charge in [-0.2, -0.15) is 0 Å². The molecule has 1 aliphatic heterocycles. The molecule has 1 aliphatic rings. The van der Waals surface area contributed by atoms with Crippen LogP contribution in [-0.4, -0.2) is 38.9 Å². The fourth-order valence-corrected chi connectivity index (χ4v) is 5.08. The standard InChI is InChI=1S/C19H20Cl2N2O3S/c20-15-9-10-18(17(21)13-15)23(14-19(24)22-11-5-2-6-12-22)27(25,26)16-7-3-1-4-8-16/h1,3-4,7-10,13H,2,5-6,11-12,14H2. The molecule has 27 heavy (non-hydrogen) atoms. The molecule has 1 heterocycles. The summed E-state index contributed by atoms with van der Waals surface area (Å²) >= 11 is 12.2. The third-order valence-corrected chi connectivity index (χ3v) is 6.81. The number of carbonyl (C=O) groups excluding carboxylic acids is 1. The number of sulfonamides is 1. The van der Waals surface area contributed by atoms with Gasteiger partial charge < -0.3 is 4.90 Å². The van der Waals surface area contributed by atoms with Gasteiger partial charge in [0, 0.05) is 18.1 Å². The Balaban J connectivity index is 1.99. The van der Waals surface area contributed by atoms with Crippen molar-refractivity contribution in [2.45, 2.75) is 24.2 Å². The van der Waals surface area contributed by atoms with E-state index in [0.29, 0.717) is 18.1 Å². The first-order valence-electron chi connectivity index (χ1n) is 8.70. The quantitative estimate of drug-likeness (QED) is 0.719. The number of rotatable bonds is 5. The maximum atomic E-state index is 13.3. The molecule has 1 fully saturated rings. The highest BCUT2D eigenvalue weighted by Gasteiger charge is 2.30. The van der Waals surface area contributed by atoms with Crippen LogP contribution < -0.4 is 4.31 Å². The first-order chi connectivity index (χ1) is 12.9. The molecular weight excluding hydrogens is 407 g/mol. The van der Waals surface area contributed by atoms with Crippen molar-refractivity contribution < 1.29 is 13.2 Å². The van der Waals surface area contributed by atoms with Crippen LogP contribution in [0.2, 0.25) is 10.0 Å². The van der Waals surface area contributed by atoms with Gasteiger partial charge in [0.15, 0.2) is 0 Å². The number of carbonyl (C=O) groups is 1. The maximum Gasteiger partial charge on any atom is 0.264 e. The Kier molecular flexibility index (Phi) is 6.29. The van der Waals surface area contributed by atoms with Crippen LogP contribution in [0, 0.1) is 0 Å². The van der Waals surface area contributed by atoms with Crippen molar-refractivity contribution in [1.29, 1.82) is 0 Å². The van der Waals surface area contributed by atoms with Crippen molar-refractivity contribution in [2.75, 3.05) is 23.9 Å². The number of benzene rings is 2. The van der Waals surface area contributed by atoms with E-state index < -0.39 is 10.0 Å². The molecule has 0 saturated carbocycles. The minimum absolute atomic E-state index is 0.0995. The fourth-order valence-electron chi connectivity index (χ4n) is 3.07. The molecule has 144 valence electrons. The van der Waals surface area contributed by atoms with E-state index in [0.717, 1.165) is 23.6 Å². The zero-order valence-corrected chi connectivity index (χ0v) is 17.0. The molecule has 0 bridgehead atoms. The van der Waals surface area contributed by atoms with E-state index in [9.17, 15) is 13.2 Å². The molecule has 2 aromatic rings. The van der Waals surface area contributed by atoms with Crippen molar-refractivity contribution in [2.24, 2.45) is 0 Å². The second-order valence-corrected chi connectivity index (χ2v) is 9.07. The first-order valence-corrected chi connectivity index (χ1v) is 10.9. The van der Waals surface area contributed by atoms with Crippen LogP contribution >= 0.6 is 23.2 Å². The lowest BCUT2D eigenvalue weighted by Crippen LogP contribution is -2.45. The monoisotopic (exact) mass is 426 g/mol. The Morgan fingerprint density at radius 1 is 1.00 bits per heavy atom. The van der Waals surface area contributed by atoms with Crippen LogP contribution in [-0.2, 0) is 14.8 Å². The second-order valence-electron chi connectivity index (χ2n) is 6.36. The second kappa shape index (κ2) is 8.50. The van der Waals surface area contributed by atoms with Gasteiger partial charge in [-0.05, 0) is 49.6 Å². The largest absolute Gasteiger partial charge is 0.341 e. The number of piperidine rings is 1. The molecule has 1 saturated heterocycles. The molecule has 0 N–H and O–H groups in total. The number of likely N-dealkylation sites (tertiary alicyclic amines) is 1. The summed E-state index contributed by atoms with van der Waals surface area (Å²) < 4.78 is 27.6. The summed E-state index contributed by atoms with van der Waals surface area (Å²) in [7, 11) is -3.96. The molecule has 0 aliphatic carbocycles. The summed E-state index contributed by atoms with van der Waals surface area (Å²) in [5.41, 5.74) is 0.232. The summed E-state index contributed by atoms with van der Waals surface area (Å²) in [4.78, 5) is 14.6. The molecule has 0 atom stereocenters. The maximum absolute atomic E-state index is 13.3. The highest BCUT2D eigenvalue weighted by Crippen LogP contribution is 2.32. The van der Waals surface area contributed by atoms with Gasteiger partial charge in [-0.15, -0.1) is 0 Å². The van der Waals surface area contributed by atoms with Gasteiger partial charge in [-0.25, -0.2) is 8.42 Å². The van der Waals surface area contributed by atoms with Crippen LogP contribution in [0.1, 0.15) is 19.3 Å². The third-order valence-electron chi connectivity index (χ3n) is 4.50.